The first-order chi connectivity index (χ1) is 8.15. The van der Waals surface area contributed by atoms with Crippen molar-refractivity contribution in [2.45, 2.75) is 51.6 Å². The van der Waals surface area contributed by atoms with E-state index in [-0.39, 0.29) is 5.91 Å². The maximum Gasteiger partial charge on any atom is 0.234 e. The Labute approximate surface area is 106 Å². The number of amides is 1. The normalized spacial score (nSPS) is 24.9. The zero-order valence-corrected chi connectivity index (χ0v) is 11.6. The lowest BCUT2D eigenvalue weighted by atomic mass is 10.1. The van der Waals surface area contributed by atoms with Crippen molar-refractivity contribution in [2.24, 2.45) is 0 Å². The molecule has 1 saturated heterocycles. The molecule has 100 valence electrons. The second-order valence-electron chi connectivity index (χ2n) is 4.58. The van der Waals surface area contributed by atoms with E-state index in [1.807, 2.05) is 0 Å². The van der Waals surface area contributed by atoms with Crippen LogP contribution in [0.3, 0.4) is 0 Å². The second-order valence-corrected chi connectivity index (χ2v) is 6.28. The van der Waals surface area contributed by atoms with Gasteiger partial charge in [0.2, 0.25) is 5.91 Å². The summed E-state index contributed by atoms with van der Waals surface area (Å²) >= 11 is 0. The van der Waals surface area contributed by atoms with E-state index in [1.54, 1.807) is 0 Å². The van der Waals surface area contributed by atoms with Crippen molar-refractivity contribution in [2.75, 3.05) is 18.1 Å². The van der Waals surface area contributed by atoms with Crippen LogP contribution in [0.4, 0.5) is 0 Å². The highest BCUT2D eigenvalue weighted by Gasteiger charge is 2.18. The molecule has 1 heterocycles. The molecule has 0 aromatic carbocycles. The van der Waals surface area contributed by atoms with Gasteiger partial charge in [-0.05, 0) is 25.7 Å². The van der Waals surface area contributed by atoms with E-state index < -0.39 is 10.8 Å². The molecule has 1 rings (SSSR count). The van der Waals surface area contributed by atoms with E-state index in [2.05, 4.69) is 24.5 Å². The molecule has 4 nitrogen and oxygen atoms in total. The molecule has 1 aliphatic rings. The van der Waals surface area contributed by atoms with Gasteiger partial charge in [-0.15, -0.1) is 0 Å². The van der Waals surface area contributed by atoms with Gasteiger partial charge in [-0.2, -0.15) is 0 Å². The van der Waals surface area contributed by atoms with Gasteiger partial charge in [0.1, 0.15) is 0 Å². The third kappa shape index (κ3) is 5.64. The van der Waals surface area contributed by atoms with Crippen LogP contribution in [-0.4, -0.2) is 40.3 Å². The molecule has 0 bridgehead atoms. The molecule has 1 aliphatic heterocycles. The molecule has 2 N–H and O–H groups in total. The van der Waals surface area contributed by atoms with Gasteiger partial charge in [-0.25, -0.2) is 0 Å². The van der Waals surface area contributed by atoms with Gasteiger partial charge in [0.15, 0.2) is 0 Å². The summed E-state index contributed by atoms with van der Waals surface area (Å²) in [7, 11) is -0.628. The van der Waals surface area contributed by atoms with Crippen molar-refractivity contribution in [1.82, 2.24) is 10.6 Å². The molecule has 1 amide bonds. The topological polar surface area (TPSA) is 58.2 Å². The predicted octanol–water partition coefficient (Wildman–Crippen LogP) is 0.792. The van der Waals surface area contributed by atoms with Crippen LogP contribution in [0.2, 0.25) is 0 Å². The van der Waals surface area contributed by atoms with Crippen LogP contribution in [-0.2, 0) is 15.6 Å². The maximum atomic E-state index is 11.6. The molecule has 0 spiro atoms. The van der Waals surface area contributed by atoms with Crippen LogP contribution < -0.4 is 10.6 Å². The number of carbonyl (C=O) groups excluding carboxylic acids is 1. The summed E-state index contributed by atoms with van der Waals surface area (Å²) in [5, 5.41) is 6.25. The highest BCUT2D eigenvalue weighted by molar-refractivity contribution is 7.85. The van der Waals surface area contributed by atoms with Crippen LogP contribution in [0.1, 0.15) is 39.5 Å². The van der Waals surface area contributed by atoms with Crippen molar-refractivity contribution in [3.8, 4) is 0 Å². The van der Waals surface area contributed by atoms with Gasteiger partial charge in [-0.1, -0.05) is 13.8 Å². The Morgan fingerprint density at radius 1 is 1.29 bits per heavy atom. The van der Waals surface area contributed by atoms with Crippen LogP contribution in [0.25, 0.3) is 0 Å². The lowest BCUT2D eigenvalue weighted by Crippen LogP contribution is -2.44. The molecular weight excluding hydrogens is 236 g/mol. The third-order valence-corrected chi connectivity index (χ3v) is 4.67. The van der Waals surface area contributed by atoms with E-state index in [4.69, 9.17) is 0 Å². The fraction of sp³-hybridized carbons (Fsp3) is 0.917. The summed E-state index contributed by atoms with van der Waals surface area (Å²) in [6.45, 7) is 4.55. The van der Waals surface area contributed by atoms with Gasteiger partial charge < -0.3 is 10.6 Å². The molecule has 0 saturated carbocycles. The lowest BCUT2D eigenvalue weighted by Gasteiger charge is -2.23. The zero-order chi connectivity index (χ0) is 12.7. The number of nitrogens with one attached hydrogen (secondary N) is 2. The average Bonchev–Trinajstić information content (AvgIpc) is 2.35. The summed E-state index contributed by atoms with van der Waals surface area (Å²) in [4.78, 5) is 11.6. The molecule has 1 fully saturated rings. The van der Waals surface area contributed by atoms with Gasteiger partial charge >= 0.3 is 0 Å². The van der Waals surface area contributed by atoms with Gasteiger partial charge in [-0.3, -0.25) is 9.00 Å². The highest BCUT2D eigenvalue weighted by Crippen LogP contribution is 2.08. The standard InChI is InChI=1S/C12H24N2O2S/c1-3-10(4-2)14-12(15)9-13-11-5-7-17(16)8-6-11/h10-11,13H,3-9H2,1-2H3,(H,14,15). The van der Waals surface area contributed by atoms with Crippen molar-refractivity contribution in [3.05, 3.63) is 0 Å². The Morgan fingerprint density at radius 3 is 2.41 bits per heavy atom. The first-order valence-corrected chi connectivity index (χ1v) is 8.02. The number of carbonyl (C=O) groups is 1. The van der Waals surface area contributed by atoms with Crippen molar-refractivity contribution in [1.29, 1.82) is 0 Å². The summed E-state index contributed by atoms with van der Waals surface area (Å²) in [6.07, 6.45) is 3.80. The lowest BCUT2D eigenvalue weighted by molar-refractivity contribution is -0.121. The van der Waals surface area contributed by atoms with Crippen molar-refractivity contribution in [3.63, 3.8) is 0 Å². The Kier molecular flexibility index (Phi) is 6.73. The molecule has 0 aromatic rings. The monoisotopic (exact) mass is 260 g/mol. The Bertz CT molecular complexity index is 257. The largest absolute Gasteiger partial charge is 0.352 e. The predicted molar refractivity (Wildman–Crippen MR) is 71.4 cm³/mol. The fourth-order valence-electron chi connectivity index (χ4n) is 2.01. The minimum absolute atomic E-state index is 0.0744. The van der Waals surface area contributed by atoms with Crippen LogP contribution in [0, 0.1) is 0 Å². The van der Waals surface area contributed by atoms with Crippen LogP contribution >= 0.6 is 0 Å². The minimum Gasteiger partial charge on any atom is -0.352 e. The Morgan fingerprint density at radius 2 is 1.88 bits per heavy atom. The summed E-state index contributed by atoms with van der Waals surface area (Å²) in [5.74, 6) is 1.61. The maximum absolute atomic E-state index is 11.6. The van der Waals surface area contributed by atoms with Gasteiger partial charge in [0.25, 0.3) is 0 Å². The van der Waals surface area contributed by atoms with Crippen LogP contribution in [0.5, 0.6) is 0 Å². The summed E-state index contributed by atoms with van der Waals surface area (Å²) in [6, 6.07) is 0.656. The van der Waals surface area contributed by atoms with E-state index in [0.29, 0.717) is 18.6 Å². The van der Waals surface area contributed by atoms with E-state index >= 15 is 0 Å². The smallest absolute Gasteiger partial charge is 0.234 e. The zero-order valence-electron chi connectivity index (χ0n) is 10.8. The second kappa shape index (κ2) is 7.82. The Hall–Kier alpha value is -0.420. The highest BCUT2D eigenvalue weighted by atomic mass is 32.2. The van der Waals surface area contributed by atoms with Crippen molar-refractivity contribution < 1.29 is 9.00 Å². The number of hydrogen-bond donors (Lipinski definition) is 2. The summed E-state index contributed by atoms with van der Waals surface area (Å²) in [5.41, 5.74) is 0. The first kappa shape index (κ1) is 14.6. The first-order valence-electron chi connectivity index (χ1n) is 6.53. The number of rotatable bonds is 6. The molecule has 0 radical (unpaired) electrons. The molecule has 0 atom stereocenters. The molecular formula is C12H24N2O2S. The van der Waals surface area contributed by atoms with E-state index in [9.17, 15) is 9.00 Å². The van der Waals surface area contributed by atoms with Crippen LogP contribution in [0.15, 0.2) is 0 Å². The molecule has 0 aromatic heterocycles. The van der Waals surface area contributed by atoms with E-state index in [1.165, 1.54) is 0 Å². The minimum atomic E-state index is -0.628. The third-order valence-electron chi connectivity index (χ3n) is 3.29. The molecule has 0 aliphatic carbocycles. The Balaban J connectivity index is 2.17. The number of hydrogen-bond acceptors (Lipinski definition) is 3. The molecule has 0 unspecified atom stereocenters. The fourth-order valence-corrected chi connectivity index (χ4v) is 3.31. The molecule has 5 heteroatoms. The van der Waals surface area contributed by atoms with E-state index in [0.717, 1.165) is 37.2 Å². The van der Waals surface area contributed by atoms with Crippen molar-refractivity contribution >= 4 is 16.7 Å². The average molecular weight is 260 g/mol. The SMILES string of the molecule is CCC(CC)NC(=O)CNC1CCS(=O)CC1. The summed E-state index contributed by atoms with van der Waals surface area (Å²) < 4.78 is 11.2. The molecule has 17 heavy (non-hydrogen) atoms. The van der Waals surface area contributed by atoms with Gasteiger partial charge in [0.05, 0.1) is 6.54 Å². The quantitative estimate of drug-likeness (QED) is 0.742. The van der Waals surface area contributed by atoms with Gasteiger partial charge in [0, 0.05) is 34.4 Å².